The quantitative estimate of drug-likeness (QED) is 0.664. The van der Waals surface area contributed by atoms with Crippen molar-refractivity contribution < 1.29 is 9.59 Å². The molecule has 5 nitrogen and oxygen atoms in total. The molecule has 1 aromatic carbocycles. The molecule has 1 aromatic heterocycles. The van der Waals surface area contributed by atoms with Gasteiger partial charge >= 0.3 is 11.8 Å². The van der Waals surface area contributed by atoms with Crippen LogP contribution in [0.4, 0.5) is 11.4 Å². The molecule has 0 radical (unpaired) electrons. The van der Waals surface area contributed by atoms with Gasteiger partial charge in [-0.15, -0.1) is 0 Å². The van der Waals surface area contributed by atoms with Crippen LogP contribution >= 0.6 is 11.6 Å². The van der Waals surface area contributed by atoms with Crippen LogP contribution in [-0.4, -0.2) is 16.8 Å². The molecule has 2 rings (SSSR count). The smallest absolute Gasteiger partial charge is 0.314 e. The highest BCUT2D eigenvalue weighted by molar-refractivity contribution is 6.44. The van der Waals surface area contributed by atoms with Gasteiger partial charge in [-0.1, -0.05) is 43.6 Å². The third-order valence-corrected chi connectivity index (χ3v) is 3.68. The summed E-state index contributed by atoms with van der Waals surface area (Å²) in [6, 6.07) is 8.95. The van der Waals surface area contributed by atoms with E-state index in [4.69, 9.17) is 11.6 Å². The predicted molar refractivity (Wildman–Crippen MR) is 91.8 cm³/mol. The number of anilines is 2. The molecule has 6 heteroatoms. The van der Waals surface area contributed by atoms with E-state index in [1.807, 2.05) is 39.0 Å². The second kappa shape index (κ2) is 7.24. The second-order valence-electron chi connectivity index (χ2n) is 5.44. The van der Waals surface area contributed by atoms with Gasteiger partial charge in [-0.2, -0.15) is 0 Å². The summed E-state index contributed by atoms with van der Waals surface area (Å²) < 4.78 is 0. The summed E-state index contributed by atoms with van der Waals surface area (Å²) in [5, 5.41) is 5.27. The molecule has 23 heavy (non-hydrogen) atoms. The summed E-state index contributed by atoms with van der Waals surface area (Å²) in [7, 11) is 0. The number of amides is 2. The Hall–Kier alpha value is -2.40. The topological polar surface area (TPSA) is 71.1 Å². The van der Waals surface area contributed by atoms with Crippen LogP contribution in [0.5, 0.6) is 0 Å². The lowest BCUT2D eigenvalue weighted by Gasteiger charge is -2.16. The third-order valence-electron chi connectivity index (χ3n) is 3.38. The molecule has 0 spiro atoms. The Balaban J connectivity index is 2.17. The second-order valence-corrected chi connectivity index (χ2v) is 5.80. The molecule has 2 aromatic rings. The van der Waals surface area contributed by atoms with Crippen molar-refractivity contribution in [1.29, 1.82) is 0 Å². The van der Waals surface area contributed by atoms with Crippen LogP contribution in [0.1, 0.15) is 30.9 Å². The number of hydrogen-bond donors (Lipinski definition) is 2. The van der Waals surface area contributed by atoms with Gasteiger partial charge in [0.05, 0.1) is 5.69 Å². The molecular weight excluding hydrogens is 314 g/mol. The van der Waals surface area contributed by atoms with Crippen LogP contribution in [0.15, 0.2) is 36.5 Å². The van der Waals surface area contributed by atoms with Crippen molar-refractivity contribution in [2.24, 2.45) is 0 Å². The highest BCUT2D eigenvalue weighted by Crippen LogP contribution is 2.27. The number of benzene rings is 1. The normalized spacial score (nSPS) is 10.5. The fraction of sp³-hybridized carbons (Fsp3) is 0.235. The lowest BCUT2D eigenvalue weighted by molar-refractivity contribution is -0.133. The van der Waals surface area contributed by atoms with Crippen molar-refractivity contribution in [1.82, 2.24) is 4.98 Å². The van der Waals surface area contributed by atoms with Crippen LogP contribution in [0.25, 0.3) is 0 Å². The maximum absolute atomic E-state index is 12.2. The summed E-state index contributed by atoms with van der Waals surface area (Å²) in [4.78, 5) is 28.1. The minimum Gasteiger partial charge on any atom is -0.317 e. The number of nitrogens with zero attached hydrogens (tertiary/aromatic N) is 1. The molecule has 1 heterocycles. The molecule has 0 aliphatic carbocycles. The number of aromatic nitrogens is 1. The Labute approximate surface area is 140 Å². The summed E-state index contributed by atoms with van der Waals surface area (Å²) in [6.07, 6.45) is 1.50. The van der Waals surface area contributed by atoms with E-state index in [0.29, 0.717) is 11.4 Å². The van der Waals surface area contributed by atoms with Gasteiger partial charge in [0, 0.05) is 11.9 Å². The van der Waals surface area contributed by atoms with Gasteiger partial charge in [0.25, 0.3) is 0 Å². The fourth-order valence-electron chi connectivity index (χ4n) is 2.17. The van der Waals surface area contributed by atoms with Gasteiger partial charge < -0.3 is 10.6 Å². The van der Waals surface area contributed by atoms with E-state index < -0.39 is 11.8 Å². The fourth-order valence-corrected chi connectivity index (χ4v) is 2.34. The van der Waals surface area contributed by atoms with Crippen LogP contribution in [0, 0.1) is 6.92 Å². The van der Waals surface area contributed by atoms with Crippen LogP contribution in [-0.2, 0) is 9.59 Å². The van der Waals surface area contributed by atoms with Crippen molar-refractivity contribution >= 4 is 34.8 Å². The predicted octanol–water partition coefficient (Wildman–Crippen LogP) is 3.74. The third kappa shape index (κ3) is 4.07. The van der Waals surface area contributed by atoms with Gasteiger partial charge in [-0.3, -0.25) is 9.59 Å². The highest BCUT2D eigenvalue weighted by atomic mass is 35.5. The van der Waals surface area contributed by atoms with E-state index >= 15 is 0 Å². The molecule has 2 N–H and O–H groups in total. The van der Waals surface area contributed by atoms with Gasteiger partial charge in [0.15, 0.2) is 5.15 Å². The van der Waals surface area contributed by atoms with E-state index in [0.717, 1.165) is 11.1 Å². The Morgan fingerprint density at radius 2 is 1.78 bits per heavy atom. The van der Waals surface area contributed by atoms with Gasteiger partial charge in [0.1, 0.15) is 0 Å². The minimum absolute atomic E-state index is 0.132. The number of rotatable bonds is 3. The average Bonchev–Trinajstić information content (AvgIpc) is 2.51. The van der Waals surface area contributed by atoms with Crippen molar-refractivity contribution in [2.75, 3.05) is 10.6 Å². The van der Waals surface area contributed by atoms with Crippen molar-refractivity contribution in [3.05, 3.63) is 52.8 Å². The van der Waals surface area contributed by atoms with E-state index in [2.05, 4.69) is 15.6 Å². The number of para-hydroxylation sites is 1. The Morgan fingerprint density at radius 1 is 1.09 bits per heavy atom. The Morgan fingerprint density at radius 3 is 2.43 bits per heavy atom. The molecule has 0 saturated heterocycles. The molecule has 0 saturated carbocycles. The van der Waals surface area contributed by atoms with Crippen LogP contribution in [0.2, 0.25) is 5.15 Å². The molecular formula is C17H18ClN3O2. The van der Waals surface area contributed by atoms with E-state index in [1.54, 1.807) is 12.1 Å². The number of hydrogen-bond acceptors (Lipinski definition) is 3. The largest absolute Gasteiger partial charge is 0.317 e. The van der Waals surface area contributed by atoms with Crippen molar-refractivity contribution in [3.8, 4) is 0 Å². The average molecular weight is 332 g/mol. The molecule has 2 amide bonds. The first-order valence-corrected chi connectivity index (χ1v) is 7.60. The number of halogens is 1. The first-order valence-electron chi connectivity index (χ1n) is 7.22. The molecule has 0 unspecified atom stereocenters. The lowest BCUT2D eigenvalue weighted by atomic mass is 9.98. The number of carbonyl (C=O) groups is 2. The highest BCUT2D eigenvalue weighted by Gasteiger charge is 2.18. The monoisotopic (exact) mass is 331 g/mol. The molecule has 0 atom stereocenters. The van der Waals surface area contributed by atoms with Crippen LogP contribution in [0.3, 0.4) is 0 Å². The summed E-state index contributed by atoms with van der Waals surface area (Å²) in [6.45, 7) is 5.94. The summed E-state index contributed by atoms with van der Waals surface area (Å²) in [5.74, 6) is -1.32. The van der Waals surface area contributed by atoms with Gasteiger partial charge in [-0.25, -0.2) is 4.98 Å². The van der Waals surface area contributed by atoms with Crippen LogP contribution < -0.4 is 10.6 Å². The van der Waals surface area contributed by atoms with Crippen molar-refractivity contribution in [3.63, 3.8) is 0 Å². The summed E-state index contributed by atoms with van der Waals surface area (Å²) >= 11 is 5.87. The SMILES string of the molecule is Cc1cccc(C(C)C)c1NC(=O)C(=O)Nc1cccnc1Cl. The number of carbonyl (C=O) groups excluding carboxylic acids is 2. The van der Waals surface area contributed by atoms with Crippen molar-refractivity contribution in [2.45, 2.75) is 26.7 Å². The minimum atomic E-state index is -0.794. The summed E-state index contributed by atoms with van der Waals surface area (Å²) in [5.41, 5.74) is 2.84. The number of aryl methyl sites for hydroxylation is 1. The molecule has 0 aliphatic heterocycles. The molecule has 120 valence electrons. The van der Waals surface area contributed by atoms with E-state index in [1.165, 1.54) is 6.20 Å². The Kier molecular flexibility index (Phi) is 5.34. The number of pyridine rings is 1. The maximum Gasteiger partial charge on any atom is 0.314 e. The first-order chi connectivity index (χ1) is 10.9. The zero-order valence-electron chi connectivity index (χ0n) is 13.2. The first kappa shape index (κ1) is 17.0. The molecule has 0 aliphatic rings. The Bertz CT molecular complexity index is 744. The van der Waals surface area contributed by atoms with E-state index in [-0.39, 0.29) is 11.1 Å². The standard InChI is InChI=1S/C17H18ClN3O2/c1-10(2)12-7-4-6-11(3)14(12)21-17(23)16(22)20-13-8-5-9-19-15(13)18/h4-10H,1-3H3,(H,20,22)(H,21,23). The molecule has 0 bridgehead atoms. The van der Waals surface area contributed by atoms with Gasteiger partial charge in [-0.05, 0) is 36.1 Å². The zero-order chi connectivity index (χ0) is 17.0. The van der Waals surface area contributed by atoms with E-state index in [9.17, 15) is 9.59 Å². The maximum atomic E-state index is 12.2. The number of nitrogens with one attached hydrogen (secondary N) is 2. The zero-order valence-corrected chi connectivity index (χ0v) is 13.9. The lowest BCUT2D eigenvalue weighted by Crippen LogP contribution is -2.30. The molecule has 0 fully saturated rings. The van der Waals surface area contributed by atoms with Gasteiger partial charge in [0.2, 0.25) is 0 Å².